The van der Waals surface area contributed by atoms with E-state index in [0.717, 1.165) is 11.1 Å². The number of rotatable bonds is 6. The van der Waals surface area contributed by atoms with Crippen LogP contribution < -0.4 is 5.32 Å². The summed E-state index contributed by atoms with van der Waals surface area (Å²) in [4.78, 5) is 23.0. The minimum absolute atomic E-state index is 0.156. The molecule has 2 aromatic carbocycles. The molecule has 25 heavy (non-hydrogen) atoms. The molecule has 0 radical (unpaired) electrons. The van der Waals surface area contributed by atoms with Crippen LogP contribution in [-0.2, 0) is 17.9 Å². The van der Waals surface area contributed by atoms with E-state index in [1.54, 1.807) is 0 Å². The molecule has 0 heterocycles. The Bertz CT molecular complexity index is 745. The number of hydrogen-bond acceptors (Lipinski definition) is 3. The summed E-state index contributed by atoms with van der Waals surface area (Å²) in [5.41, 5.74) is 2.41. The maximum absolute atomic E-state index is 12.2. The minimum atomic E-state index is -1.01. The topological polar surface area (TPSA) is 75.6 Å². The summed E-state index contributed by atoms with van der Waals surface area (Å²) in [5.74, 6) is -1.26. The van der Waals surface area contributed by atoms with Gasteiger partial charge < -0.3 is 15.2 Å². The second kappa shape index (κ2) is 7.94. The first kappa shape index (κ1) is 18.7. The van der Waals surface area contributed by atoms with Crippen molar-refractivity contribution in [2.24, 2.45) is 0 Å². The normalized spacial score (nSPS) is 11.2. The fourth-order valence-corrected chi connectivity index (χ4v) is 2.18. The SMILES string of the molecule is CC(C)(C)OCc1cccc(CNC(=O)c2ccc(C(=O)O)cc2)c1. The van der Waals surface area contributed by atoms with Crippen molar-refractivity contribution in [2.75, 3.05) is 0 Å². The van der Waals surface area contributed by atoms with E-state index in [0.29, 0.717) is 18.7 Å². The quantitative estimate of drug-likeness (QED) is 0.841. The van der Waals surface area contributed by atoms with E-state index in [1.807, 2.05) is 45.0 Å². The number of carbonyl (C=O) groups excluding carboxylic acids is 1. The lowest BCUT2D eigenvalue weighted by Gasteiger charge is -2.19. The predicted octanol–water partition coefficient (Wildman–Crippen LogP) is 3.63. The number of hydrogen-bond donors (Lipinski definition) is 2. The van der Waals surface area contributed by atoms with Crippen LogP contribution in [0, 0.1) is 0 Å². The third-order valence-corrected chi connectivity index (χ3v) is 3.51. The molecular weight excluding hydrogens is 318 g/mol. The van der Waals surface area contributed by atoms with Gasteiger partial charge in [-0.2, -0.15) is 0 Å². The van der Waals surface area contributed by atoms with Gasteiger partial charge in [0.15, 0.2) is 0 Å². The smallest absolute Gasteiger partial charge is 0.335 e. The minimum Gasteiger partial charge on any atom is -0.478 e. The second-order valence-corrected chi connectivity index (χ2v) is 6.79. The lowest BCUT2D eigenvalue weighted by atomic mass is 10.1. The van der Waals surface area contributed by atoms with Crippen LogP contribution in [0.1, 0.15) is 52.6 Å². The van der Waals surface area contributed by atoms with E-state index in [2.05, 4.69) is 5.32 Å². The highest BCUT2D eigenvalue weighted by Crippen LogP contribution is 2.13. The van der Waals surface area contributed by atoms with Crippen LogP contribution in [0.4, 0.5) is 0 Å². The highest BCUT2D eigenvalue weighted by molar-refractivity contribution is 5.95. The third kappa shape index (κ3) is 6.04. The predicted molar refractivity (Wildman–Crippen MR) is 95.6 cm³/mol. The lowest BCUT2D eigenvalue weighted by Crippen LogP contribution is -2.23. The standard InChI is InChI=1S/C20H23NO4/c1-20(2,3)25-13-15-6-4-5-14(11-15)12-21-18(22)16-7-9-17(10-8-16)19(23)24/h4-11H,12-13H2,1-3H3,(H,21,22)(H,23,24). The van der Waals surface area contributed by atoms with Gasteiger partial charge in [0.25, 0.3) is 5.91 Å². The molecule has 2 N–H and O–H groups in total. The lowest BCUT2D eigenvalue weighted by molar-refractivity contribution is -0.0149. The van der Waals surface area contributed by atoms with Gasteiger partial charge >= 0.3 is 5.97 Å². The van der Waals surface area contributed by atoms with Crippen molar-refractivity contribution in [1.29, 1.82) is 0 Å². The molecule has 0 spiro atoms. The van der Waals surface area contributed by atoms with Crippen molar-refractivity contribution < 1.29 is 19.4 Å². The van der Waals surface area contributed by atoms with Crippen LogP contribution in [0.3, 0.4) is 0 Å². The Labute approximate surface area is 147 Å². The Hall–Kier alpha value is -2.66. The number of benzene rings is 2. The van der Waals surface area contributed by atoms with Gasteiger partial charge in [-0.15, -0.1) is 0 Å². The van der Waals surface area contributed by atoms with E-state index >= 15 is 0 Å². The van der Waals surface area contributed by atoms with Gasteiger partial charge in [0.05, 0.1) is 17.8 Å². The number of amides is 1. The summed E-state index contributed by atoms with van der Waals surface area (Å²) in [6.45, 7) is 6.93. The fraction of sp³-hybridized carbons (Fsp3) is 0.300. The molecule has 0 saturated carbocycles. The third-order valence-electron chi connectivity index (χ3n) is 3.51. The Morgan fingerprint density at radius 3 is 2.20 bits per heavy atom. The van der Waals surface area contributed by atoms with E-state index in [-0.39, 0.29) is 17.1 Å². The van der Waals surface area contributed by atoms with E-state index < -0.39 is 5.97 Å². The van der Waals surface area contributed by atoms with Crippen molar-refractivity contribution in [3.05, 3.63) is 70.8 Å². The zero-order chi connectivity index (χ0) is 18.4. The van der Waals surface area contributed by atoms with Crippen molar-refractivity contribution in [3.8, 4) is 0 Å². The first-order valence-electron chi connectivity index (χ1n) is 8.08. The molecule has 0 atom stereocenters. The monoisotopic (exact) mass is 341 g/mol. The van der Waals surface area contributed by atoms with Crippen LogP contribution in [0.2, 0.25) is 0 Å². The molecule has 1 amide bonds. The molecule has 5 nitrogen and oxygen atoms in total. The van der Waals surface area contributed by atoms with Gasteiger partial charge in [-0.1, -0.05) is 24.3 Å². The van der Waals surface area contributed by atoms with Gasteiger partial charge in [0.1, 0.15) is 0 Å². The number of carboxylic acids is 1. The van der Waals surface area contributed by atoms with Gasteiger partial charge in [0.2, 0.25) is 0 Å². The summed E-state index contributed by atoms with van der Waals surface area (Å²) in [6, 6.07) is 13.7. The van der Waals surface area contributed by atoms with Gasteiger partial charge in [-0.3, -0.25) is 4.79 Å². The molecule has 2 aromatic rings. The molecule has 0 aliphatic carbocycles. The van der Waals surface area contributed by atoms with Crippen LogP contribution in [-0.4, -0.2) is 22.6 Å². The molecule has 0 bridgehead atoms. The molecule has 5 heteroatoms. The van der Waals surface area contributed by atoms with Crippen molar-refractivity contribution in [2.45, 2.75) is 39.5 Å². The molecular formula is C20H23NO4. The summed E-state index contributed by atoms with van der Waals surface area (Å²) >= 11 is 0. The molecule has 0 unspecified atom stereocenters. The Balaban J connectivity index is 1.94. The first-order chi connectivity index (χ1) is 11.7. The molecule has 0 fully saturated rings. The van der Waals surface area contributed by atoms with Crippen molar-refractivity contribution in [1.82, 2.24) is 5.32 Å². The fourth-order valence-electron chi connectivity index (χ4n) is 2.18. The summed E-state index contributed by atoms with van der Waals surface area (Å²) in [5, 5.41) is 11.7. The summed E-state index contributed by atoms with van der Waals surface area (Å²) in [7, 11) is 0. The molecule has 0 aliphatic heterocycles. The number of aromatic carboxylic acids is 1. The Kier molecular flexibility index (Phi) is 5.93. The van der Waals surface area contributed by atoms with Crippen LogP contribution >= 0.6 is 0 Å². The molecule has 0 aliphatic rings. The molecule has 132 valence electrons. The summed E-state index contributed by atoms with van der Waals surface area (Å²) in [6.07, 6.45) is 0. The van der Waals surface area contributed by atoms with E-state index in [1.165, 1.54) is 24.3 Å². The van der Waals surface area contributed by atoms with E-state index in [9.17, 15) is 9.59 Å². The maximum atomic E-state index is 12.2. The number of carbonyl (C=O) groups is 2. The maximum Gasteiger partial charge on any atom is 0.335 e. The van der Waals surface area contributed by atoms with Crippen LogP contribution in [0.15, 0.2) is 48.5 Å². The zero-order valence-corrected chi connectivity index (χ0v) is 14.7. The Morgan fingerprint density at radius 2 is 1.60 bits per heavy atom. The summed E-state index contributed by atoms with van der Waals surface area (Å²) < 4.78 is 5.76. The van der Waals surface area contributed by atoms with Gasteiger partial charge in [-0.25, -0.2) is 4.79 Å². The van der Waals surface area contributed by atoms with Gasteiger partial charge in [-0.05, 0) is 56.2 Å². The highest BCUT2D eigenvalue weighted by atomic mass is 16.5. The molecule has 0 saturated heterocycles. The largest absolute Gasteiger partial charge is 0.478 e. The average molecular weight is 341 g/mol. The number of nitrogens with one attached hydrogen (secondary N) is 1. The number of ether oxygens (including phenoxy) is 1. The number of carboxylic acid groups (broad SMARTS) is 1. The molecule has 0 aromatic heterocycles. The van der Waals surface area contributed by atoms with E-state index in [4.69, 9.17) is 9.84 Å². The zero-order valence-electron chi connectivity index (χ0n) is 14.7. The highest BCUT2D eigenvalue weighted by Gasteiger charge is 2.11. The second-order valence-electron chi connectivity index (χ2n) is 6.79. The van der Waals surface area contributed by atoms with Gasteiger partial charge in [0, 0.05) is 12.1 Å². The van der Waals surface area contributed by atoms with Crippen LogP contribution in [0.25, 0.3) is 0 Å². The average Bonchev–Trinajstić information content (AvgIpc) is 2.58. The van der Waals surface area contributed by atoms with Crippen molar-refractivity contribution >= 4 is 11.9 Å². The molecule has 2 rings (SSSR count). The first-order valence-corrected chi connectivity index (χ1v) is 8.08. The Morgan fingerprint density at radius 1 is 1.00 bits per heavy atom. The van der Waals surface area contributed by atoms with Crippen molar-refractivity contribution in [3.63, 3.8) is 0 Å². The van der Waals surface area contributed by atoms with Crippen LogP contribution in [0.5, 0.6) is 0 Å².